The van der Waals surface area contributed by atoms with Crippen LogP contribution >= 0.6 is 0 Å². The van der Waals surface area contributed by atoms with Gasteiger partial charge in [-0.15, -0.1) is 0 Å². The third-order valence-electron chi connectivity index (χ3n) is 1.72. The molecule has 14 heavy (non-hydrogen) atoms. The summed E-state index contributed by atoms with van der Waals surface area (Å²) in [6, 6.07) is 1.30. The number of hydrogen-bond acceptors (Lipinski definition) is 4. The van der Waals surface area contributed by atoms with Gasteiger partial charge in [0.05, 0.1) is 11.4 Å². The molecule has 1 aromatic rings. The van der Waals surface area contributed by atoms with Gasteiger partial charge in [-0.3, -0.25) is 4.79 Å². The molecule has 0 aromatic carbocycles. The maximum absolute atomic E-state index is 12.4. The molecule has 4 nitrogen and oxygen atoms in total. The first-order valence-corrected chi connectivity index (χ1v) is 3.82. The second-order valence-corrected chi connectivity index (χ2v) is 2.62. The number of carbonyl (C=O) groups excluding carboxylic acids is 1. The summed E-state index contributed by atoms with van der Waals surface area (Å²) < 4.78 is 24.7. The fourth-order valence-electron chi connectivity index (χ4n) is 1.02. The Hall–Kier alpha value is -1.56. The molecule has 6 heteroatoms. The van der Waals surface area contributed by atoms with Gasteiger partial charge in [0.25, 0.3) is 6.43 Å². The van der Waals surface area contributed by atoms with E-state index in [1.165, 1.54) is 6.07 Å². The van der Waals surface area contributed by atoms with Crippen molar-refractivity contribution >= 4 is 12.0 Å². The molecule has 0 aliphatic carbocycles. The molecule has 0 atom stereocenters. The van der Waals surface area contributed by atoms with Crippen molar-refractivity contribution in [3.05, 3.63) is 23.0 Å². The number of aldehydes is 1. The number of aromatic nitrogens is 1. The standard InChI is InChI=1S/C8H9F2N3O/c9-8(10)7-6(12)4(3-14)1-5(2-11)13-7/h1,3,8H,2,11-12H2. The van der Waals surface area contributed by atoms with E-state index in [0.717, 1.165) is 0 Å². The summed E-state index contributed by atoms with van der Waals surface area (Å²) in [4.78, 5) is 14.0. The van der Waals surface area contributed by atoms with E-state index in [9.17, 15) is 13.6 Å². The second kappa shape index (κ2) is 4.10. The van der Waals surface area contributed by atoms with Gasteiger partial charge in [0.1, 0.15) is 5.69 Å². The van der Waals surface area contributed by atoms with Gasteiger partial charge in [0.15, 0.2) is 6.29 Å². The van der Waals surface area contributed by atoms with Gasteiger partial charge in [0.2, 0.25) is 0 Å². The molecule has 0 bridgehead atoms. The largest absolute Gasteiger partial charge is 0.396 e. The Morgan fingerprint density at radius 3 is 2.64 bits per heavy atom. The van der Waals surface area contributed by atoms with Crippen molar-refractivity contribution in [1.82, 2.24) is 4.98 Å². The number of nitrogen functional groups attached to an aromatic ring is 1. The number of anilines is 1. The van der Waals surface area contributed by atoms with Crippen molar-refractivity contribution < 1.29 is 13.6 Å². The lowest BCUT2D eigenvalue weighted by Gasteiger charge is -2.07. The highest BCUT2D eigenvalue weighted by atomic mass is 19.3. The predicted molar refractivity (Wildman–Crippen MR) is 46.9 cm³/mol. The first kappa shape index (κ1) is 10.5. The summed E-state index contributed by atoms with van der Waals surface area (Å²) in [6.07, 6.45) is -2.40. The van der Waals surface area contributed by atoms with Crippen LogP contribution in [0.3, 0.4) is 0 Å². The zero-order valence-electron chi connectivity index (χ0n) is 7.21. The lowest BCUT2D eigenvalue weighted by molar-refractivity contribution is 0.112. The van der Waals surface area contributed by atoms with Gasteiger partial charge in [-0.1, -0.05) is 0 Å². The molecule has 0 saturated heterocycles. The Morgan fingerprint density at radius 2 is 2.21 bits per heavy atom. The SMILES string of the molecule is NCc1cc(C=O)c(N)c(C(F)F)n1. The molecule has 76 valence electrons. The van der Waals surface area contributed by atoms with Crippen LogP contribution in [0.15, 0.2) is 6.07 Å². The number of hydrogen-bond donors (Lipinski definition) is 2. The maximum Gasteiger partial charge on any atom is 0.282 e. The monoisotopic (exact) mass is 201 g/mol. The summed E-state index contributed by atoms with van der Waals surface area (Å²) in [5.41, 5.74) is 9.87. The van der Waals surface area contributed by atoms with E-state index in [-0.39, 0.29) is 23.5 Å². The predicted octanol–water partition coefficient (Wildman–Crippen LogP) is 0.873. The number of alkyl halides is 2. The molecule has 1 rings (SSSR count). The molecule has 0 unspecified atom stereocenters. The van der Waals surface area contributed by atoms with Crippen molar-refractivity contribution in [3.8, 4) is 0 Å². The van der Waals surface area contributed by atoms with Crippen LogP contribution in [0.2, 0.25) is 0 Å². The molecule has 0 radical (unpaired) electrons. The fraction of sp³-hybridized carbons (Fsp3) is 0.250. The summed E-state index contributed by atoms with van der Waals surface area (Å²) in [7, 11) is 0. The molecular weight excluding hydrogens is 192 g/mol. The summed E-state index contributed by atoms with van der Waals surface area (Å²) in [6.45, 7) is -0.0131. The van der Waals surface area contributed by atoms with E-state index < -0.39 is 12.1 Å². The van der Waals surface area contributed by atoms with E-state index >= 15 is 0 Å². The topological polar surface area (TPSA) is 82.0 Å². The van der Waals surface area contributed by atoms with Gasteiger partial charge < -0.3 is 11.5 Å². The molecule has 0 amide bonds. The van der Waals surface area contributed by atoms with Crippen molar-refractivity contribution in [2.24, 2.45) is 5.73 Å². The maximum atomic E-state index is 12.4. The van der Waals surface area contributed by atoms with Crippen LogP contribution in [0, 0.1) is 0 Å². The Morgan fingerprint density at radius 1 is 1.57 bits per heavy atom. The lowest BCUT2D eigenvalue weighted by Crippen LogP contribution is -2.08. The molecule has 0 saturated carbocycles. The molecule has 0 fully saturated rings. The highest BCUT2D eigenvalue weighted by Gasteiger charge is 2.17. The Bertz CT molecular complexity index is 355. The highest BCUT2D eigenvalue weighted by molar-refractivity contribution is 5.84. The second-order valence-electron chi connectivity index (χ2n) is 2.62. The van der Waals surface area contributed by atoms with Crippen LogP contribution in [-0.2, 0) is 6.54 Å². The van der Waals surface area contributed by atoms with Crippen LogP contribution in [-0.4, -0.2) is 11.3 Å². The molecule has 4 N–H and O–H groups in total. The van der Waals surface area contributed by atoms with Crippen LogP contribution in [0.25, 0.3) is 0 Å². The molecule has 1 aromatic heterocycles. The highest BCUT2D eigenvalue weighted by Crippen LogP contribution is 2.25. The zero-order valence-corrected chi connectivity index (χ0v) is 7.21. The first-order chi connectivity index (χ1) is 6.60. The normalized spacial score (nSPS) is 10.6. The van der Waals surface area contributed by atoms with Crippen molar-refractivity contribution in [2.75, 3.05) is 5.73 Å². The fourth-order valence-corrected chi connectivity index (χ4v) is 1.02. The molecule has 0 aliphatic heterocycles. The van der Waals surface area contributed by atoms with Gasteiger partial charge in [-0.2, -0.15) is 0 Å². The minimum atomic E-state index is -2.81. The average Bonchev–Trinajstić information content (AvgIpc) is 2.17. The Kier molecular flexibility index (Phi) is 3.08. The van der Waals surface area contributed by atoms with E-state index in [0.29, 0.717) is 6.29 Å². The number of nitrogens with two attached hydrogens (primary N) is 2. The zero-order chi connectivity index (χ0) is 10.7. The van der Waals surface area contributed by atoms with Crippen LogP contribution in [0.4, 0.5) is 14.5 Å². The lowest BCUT2D eigenvalue weighted by atomic mass is 10.1. The van der Waals surface area contributed by atoms with Gasteiger partial charge in [-0.25, -0.2) is 13.8 Å². The quantitative estimate of drug-likeness (QED) is 0.711. The third-order valence-corrected chi connectivity index (χ3v) is 1.72. The van der Waals surface area contributed by atoms with E-state index in [2.05, 4.69) is 4.98 Å². The summed E-state index contributed by atoms with van der Waals surface area (Å²) in [5.74, 6) is 0. The summed E-state index contributed by atoms with van der Waals surface area (Å²) >= 11 is 0. The van der Waals surface area contributed by atoms with Crippen molar-refractivity contribution in [3.63, 3.8) is 0 Å². The number of halogens is 2. The van der Waals surface area contributed by atoms with Crippen LogP contribution in [0.5, 0.6) is 0 Å². The minimum absolute atomic E-state index is 0.00394. The van der Waals surface area contributed by atoms with Gasteiger partial charge in [0, 0.05) is 12.1 Å². The molecule has 1 heterocycles. The number of rotatable bonds is 3. The van der Waals surface area contributed by atoms with Crippen LogP contribution < -0.4 is 11.5 Å². The van der Waals surface area contributed by atoms with Gasteiger partial charge in [-0.05, 0) is 6.07 Å². The van der Waals surface area contributed by atoms with E-state index in [1.54, 1.807) is 0 Å². The number of nitrogens with zero attached hydrogens (tertiary/aromatic N) is 1. The average molecular weight is 201 g/mol. The Labute approximate surface area is 78.9 Å². The number of pyridine rings is 1. The third kappa shape index (κ3) is 1.85. The van der Waals surface area contributed by atoms with E-state index in [4.69, 9.17) is 11.5 Å². The van der Waals surface area contributed by atoms with Gasteiger partial charge >= 0.3 is 0 Å². The smallest absolute Gasteiger partial charge is 0.282 e. The molecular formula is C8H9F2N3O. The Balaban J connectivity index is 3.34. The van der Waals surface area contributed by atoms with Crippen molar-refractivity contribution in [1.29, 1.82) is 0 Å². The molecule has 0 spiro atoms. The number of carbonyl (C=O) groups is 1. The molecule has 0 aliphatic rings. The minimum Gasteiger partial charge on any atom is -0.396 e. The van der Waals surface area contributed by atoms with E-state index in [1.807, 2.05) is 0 Å². The first-order valence-electron chi connectivity index (χ1n) is 3.82. The van der Waals surface area contributed by atoms with Crippen molar-refractivity contribution in [2.45, 2.75) is 13.0 Å². The van der Waals surface area contributed by atoms with Crippen LogP contribution in [0.1, 0.15) is 28.2 Å². The summed E-state index contributed by atoms with van der Waals surface area (Å²) in [5, 5.41) is 0.